The van der Waals surface area contributed by atoms with Gasteiger partial charge >= 0.3 is 24.8 Å². The first-order valence-corrected chi connectivity index (χ1v) is 23.1. The summed E-state index contributed by atoms with van der Waals surface area (Å²) >= 11 is 6.94. The van der Waals surface area contributed by atoms with Crippen molar-refractivity contribution in [3.05, 3.63) is 4.91 Å². The first-order chi connectivity index (χ1) is 21.7. The van der Waals surface area contributed by atoms with Crippen molar-refractivity contribution >= 4 is 28.5 Å². The first-order valence-electron chi connectivity index (χ1n) is 19.2. The molecule has 0 atom stereocenters. The van der Waals surface area contributed by atoms with E-state index in [2.05, 4.69) is 28.3 Å². The Morgan fingerprint density at radius 1 is 0.432 bits per heavy atom. The molecule has 0 radical (unpaired) electrons. The second-order valence-electron chi connectivity index (χ2n) is 14.8. The van der Waals surface area contributed by atoms with E-state index in [1.165, 1.54) is 77.9 Å². The van der Waals surface area contributed by atoms with Crippen LogP contribution in [0.25, 0.3) is 0 Å². The van der Waals surface area contributed by atoms with Crippen LogP contribution in [0.5, 0.6) is 0 Å². The first kappa shape index (κ1) is 39.1. The monoisotopic (exact) mass is 706 g/mol. The van der Waals surface area contributed by atoms with Crippen LogP contribution in [0, 0.1) is 15.6 Å². The third kappa shape index (κ3) is 14.0. The average molecular weight is 708 g/mol. The normalized spacial score (nSPS) is 25.4. The summed E-state index contributed by atoms with van der Waals surface area (Å²) in [5.74, 6) is 0. The van der Waals surface area contributed by atoms with Gasteiger partial charge in [-0.1, -0.05) is 137 Å². The van der Waals surface area contributed by atoms with Crippen molar-refractivity contribution in [3.8, 4) is 5.40 Å². The van der Waals surface area contributed by atoms with Crippen LogP contribution in [-0.2, 0) is 28.3 Å². The van der Waals surface area contributed by atoms with Crippen LogP contribution >= 0.6 is 15.8 Å². The van der Waals surface area contributed by atoms with E-state index < -0.39 is 0 Å². The van der Waals surface area contributed by atoms with Crippen LogP contribution in [-0.4, -0.2) is 34.0 Å². The van der Waals surface area contributed by atoms with Gasteiger partial charge in [0, 0.05) is 0 Å². The molecule has 6 aliphatic rings. The van der Waals surface area contributed by atoms with Gasteiger partial charge in [-0.15, -0.1) is 0 Å². The third-order valence-corrected chi connectivity index (χ3v) is 20.1. The Morgan fingerprint density at radius 2 is 0.545 bits per heavy atom. The van der Waals surface area contributed by atoms with Crippen molar-refractivity contribution in [1.29, 1.82) is 5.26 Å². The predicted molar refractivity (Wildman–Crippen MR) is 194 cm³/mol. The Hall–Kier alpha value is 0.664. The molecule has 0 amide bonds. The fourth-order valence-electron chi connectivity index (χ4n) is 10.1. The minimum atomic E-state index is 0.385. The van der Waals surface area contributed by atoms with Gasteiger partial charge < -0.3 is 12.6 Å². The van der Waals surface area contributed by atoms with Crippen molar-refractivity contribution < 1.29 is 15.7 Å². The summed E-state index contributed by atoms with van der Waals surface area (Å²) in [4.78, 5) is 8.39. The molecule has 0 unspecified atom stereocenters. The van der Waals surface area contributed by atoms with E-state index in [9.17, 15) is 0 Å². The molecule has 7 heteroatoms. The van der Waals surface area contributed by atoms with E-state index >= 15 is 0 Å². The topological polar surface area (TPSA) is 53.2 Å². The van der Waals surface area contributed by atoms with Gasteiger partial charge in [0.2, 0.25) is 0 Å². The quantitative estimate of drug-likeness (QED) is 0.0908. The Kier molecular flexibility index (Phi) is 22.0. The van der Waals surface area contributed by atoms with Crippen LogP contribution in [0.1, 0.15) is 193 Å². The zero-order valence-corrected chi connectivity index (χ0v) is 31.7. The average Bonchev–Trinajstić information content (AvgIpc) is 3.09. The SMILES string of the molecule is C1CCC(P(C2CCCCC2)C2CCCCC2)CC1.C1CCC(P(C2CCCCC2)C2CCCCC2)CC1.N#C[S-].O=[N][Ni+]. The molecule has 3 nitrogen and oxygen atoms in total. The van der Waals surface area contributed by atoms with Crippen LogP contribution in [0.3, 0.4) is 0 Å². The molecule has 0 heterocycles. The Balaban J connectivity index is 0.000000204. The van der Waals surface area contributed by atoms with E-state index in [1.54, 1.807) is 154 Å². The number of nitrogens with zero attached hydrogens (tertiary/aromatic N) is 2. The predicted octanol–water partition coefficient (Wildman–Crippen LogP) is 13.2. The van der Waals surface area contributed by atoms with Crippen LogP contribution in [0.2, 0.25) is 0 Å². The molecule has 6 fully saturated rings. The van der Waals surface area contributed by atoms with Crippen LogP contribution < -0.4 is 0 Å². The summed E-state index contributed by atoms with van der Waals surface area (Å²) in [7, 11) is 0.770. The van der Waals surface area contributed by atoms with Crippen molar-refractivity contribution in [2.45, 2.75) is 227 Å². The zero-order valence-electron chi connectivity index (χ0n) is 28.1. The third-order valence-electron chi connectivity index (χ3n) is 12.0. The zero-order chi connectivity index (χ0) is 31.2. The van der Waals surface area contributed by atoms with Crippen LogP contribution in [0.15, 0.2) is 4.26 Å². The van der Waals surface area contributed by atoms with Gasteiger partial charge in [-0.3, -0.25) is 0 Å². The van der Waals surface area contributed by atoms with Gasteiger partial charge in [0.1, 0.15) is 0 Å². The number of nitriles is 1. The number of rotatable bonds is 6. The summed E-state index contributed by atoms with van der Waals surface area (Å²) in [6, 6.07) is 0. The van der Waals surface area contributed by atoms with Gasteiger partial charge in [-0.2, -0.15) is 0 Å². The van der Waals surface area contributed by atoms with Crippen LogP contribution in [0.4, 0.5) is 0 Å². The molecule has 0 aromatic rings. The van der Waals surface area contributed by atoms with Crippen molar-refractivity contribution in [2.24, 2.45) is 4.26 Å². The molecule has 0 aromatic heterocycles. The Labute approximate surface area is 289 Å². The van der Waals surface area contributed by atoms with Gasteiger partial charge in [0.25, 0.3) is 0 Å². The second-order valence-corrected chi connectivity index (χ2v) is 21.3. The fourth-order valence-corrected chi connectivity index (χ4v) is 19.4. The van der Waals surface area contributed by atoms with Gasteiger partial charge in [-0.05, 0) is 111 Å². The fraction of sp³-hybridized carbons (Fsp3) is 0.973. The molecule has 6 saturated carbocycles. The molecule has 0 N–H and O–H groups in total. The molecule has 0 aromatic carbocycles. The Morgan fingerprint density at radius 3 is 0.659 bits per heavy atom. The van der Waals surface area contributed by atoms with Gasteiger partial charge in [-0.25, -0.2) is 5.26 Å². The van der Waals surface area contributed by atoms with Gasteiger partial charge in [0.05, 0.1) is 0 Å². The molecular formula is C37H66N2NiOP2S. The summed E-state index contributed by atoms with van der Waals surface area (Å²) in [5, 5.41) is 8.47. The molecule has 0 bridgehead atoms. The van der Waals surface area contributed by atoms with E-state index in [0.29, 0.717) is 15.8 Å². The molecule has 6 aliphatic carbocycles. The maximum atomic E-state index is 8.39. The maximum absolute atomic E-state index is 8.39. The van der Waals surface area contributed by atoms with Crippen molar-refractivity contribution in [1.82, 2.24) is 0 Å². The minimum absolute atomic E-state index is 0.385. The van der Waals surface area contributed by atoms with Crippen molar-refractivity contribution in [2.75, 3.05) is 0 Å². The molecular weight excluding hydrogens is 641 g/mol. The molecule has 44 heavy (non-hydrogen) atoms. The summed E-state index contributed by atoms with van der Waals surface area (Å²) in [6.45, 7) is 0. The second kappa shape index (κ2) is 24.8. The molecule has 0 saturated heterocycles. The summed E-state index contributed by atoms with van der Waals surface area (Å²) < 4.78 is 1.88. The number of thiocyanates is 1. The standard InChI is InChI=1S/2C18H33P.CHNS.NO.Ni/c2*1-4-10-16(11-5-1)19(17-12-6-2-7-13-17)18-14-8-3-9-15-18;2-1-3;1-2;/h2*16-18H,1-15H2;3H;;/q;;;-1;+2/p-1. The van der Waals surface area contributed by atoms with E-state index in [4.69, 9.17) is 10.2 Å². The summed E-state index contributed by atoms with van der Waals surface area (Å²) in [6.07, 6.45) is 47.2. The number of hydrogen-bond acceptors (Lipinski definition) is 4. The van der Waals surface area contributed by atoms with Crippen molar-refractivity contribution in [3.63, 3.8) is 0 Å². The molecule has 256 valence electrons. The van der Waals surface area contributed by atoms with E-state index in [-0.39, 0.29) is 0 Å². The number of hydrogen-bond donors (Lipinski definition) is 0. The van der Waals surface area contributed by atoms with E-state index in [0.717, 1.165) is 0 Å². The van der Waals surface area contributed by atoms with Gasteiger partial charge in [0.15, 0.2) is 0 Å². The molecule has 0 aliphatic heterocycles. The van der Waals surface area contributed by atoms with E-state index in [1.807, 2.05) is 4.26 Å². The molecule has 0 spiro atoms. The Bertz CT molecular complexity index is 610. The number of nitroso groups, excluding NO2 is 1. The summed E-state index contributed by atoms with van der Waals surface area (Å²) in [5.41, 5.74) is 7.14. The molecule has 6 rings (SSSR count).